The SMILES string of the molecule is COc1ccc([C@@H]2NC(=O)NC3=C2C(=O)N(C[C@H]2CCCO2)C3)cc1. The number of carbonyl (C=O) groups excluding carboxylic acids is 2. The Morgan fingerprint density at radius 3 is 2.76 bits per heavy atom. The van der Waals surface area contributed by atoms with Crippen LogP contribution in [0.3, 0.4) is 0 Å². The molecule has 3 aliphatic heterocycles. The van der Waals surface area contributed by atoms with Crippen molar-refractivity contribution in [2.75, 3.05) is 26.8 Å². The Morgan fingerprint density at radius 2 is 2.08 bits per heavy atom. The average Bonchev–Trinajstić information content (AvgIpc) is 3.23. The molecule has 7 nitrogen and oxygen atoms in total. The zero-order chi connectivity index (χ0) is 17.4. The smallest absolute Gasteiger partial charge is 0.319 e. The van der Waals surface area contributed by atoms with Gasteiger partial charge in [-0.05, 0) is 30.5 Å². The number of benzene rings is 1. The van der Waals surface area contributed by atoms with Gasteiger partial charge in [-0.25, -0.2) is 4.79 Å². The first-order valence-corrected chi connectivity index (χ1v) is 8.51. The standard InChI is InChI=1S/C18H21N3O4/c1-24-12-6-4-11(5-7-12)16-15-14(19-18(23)20-16)10-21(17(15)22)9-13-3-2-8-25-13/h4-7,13,16H,2-3,8-10H2,1H3,(H2,19,20,23)/t13-,16+/m1/s1. The van der Waals surface area contributed by atoms with Gasteiger partial charge in [0.1, 0.15) is 5.75 Å². The topological polar surface area (TPSA) is 79.9 Å². The van der Waals surface area contributed by atoms with Gasteiger partial charge < -0.3 is 25.0 Å². The second-order valence-corrected chi connectivity index (χ2v) is 6.52. The predicted octanol–water partition coefficient (Wildman–Crippen LogP) is 1.32. The number of ether oxygens (including phenoxy) is 2. The lowest BCUT2D eigenvalue weighted by Crippen LogP contribution is -2.44. The van der Waals surface area contributed by atoms with Crippen LogP contribution in [0, 0.1) is 0 Å². The van der Waals surface area contributed by atoms with Gasteiger partial charge in [-0.3, -0.25) is 4.79 Å². The van der Waals surface area contributed by atoms with E-state index >= 15 is 0 Å². The fraction of sp³-hybridized carbons (Fsp3) is 0.444. The maximum Gasteiger partial charge on any atom is 0.319 e. The van der Waals surface area contributed by atoms with Crippen LogP contribution in [0.2, 0.25) is 0 Å². The molecule has 0 spiro atoms. The van der Waals surface area contributed by atoms with Gasteiger partial charge in [-0.1, -0.05) is 12.1 Å². The first-order valence-electron chi connectivity index (χ1n) is 8.51. The van der Waals surface area contributed by atoms with Crippen LogP contribution in [0.1, 0.15) is 24.4 Å². The van der Waals surface area contributed by atoms with Crippen LogP contribution in [0.15, 0.2) is 35.5 Å². The van der Waals surface area contributed by atoms with E-state index in [1.54, 1.807) is 12.0 Å². The summed E-state index contributed by atoms with van der Waals surface area (Å²) in [6.45, 7) is 1.75. The number of hydrogen-bond donors (Lipinski definition) is 2. The molecule has 4 rings (SSSR count). The Hall–Kier alpha value is -2.54. The lowest BCUT2D eigenvalue weighted by Gasteiger charge is -2.25. The van der Waals surface area contributed by atoms with Crippen LogP contribution in [-0.2, 0) is 9.53 Å². The van der Waals surface area contributed by atoms with Gasteiger partial charge in [0.2, 0.25) is 0 Å². The van der Waals surface area contributed by atoms with Crippen molar-refractivity contribution in [2.45, 2.75) is 25.0 Å². The maximum absolute atomic E-state index is 12.9. The third kappa shape index (κ3) is 2.95. The molecule has 3 amide bonds. The van der Waals surface area contributed by atoms with E-state index in [9.17, 15) is 9.59 Å². The van der Waals surface area contributed by atoms with E-state index in [2.05, 4.69) is 10.6 Å². The van der Waals surface area contributed by atoms with Crippen LogP contribution in [0.4, 0.5) is 4.79 Å². The Bertz CT molecular complexity index is 722. The summed E-state index contributed by atoms with van der Waals surface area (Å²) >= 11 is 0. The van der Waals surface area contributed by atoms with Gasteiger partial charge in [0.05, 0.1) is 37.1 Å². The highest BCUT2D eigenvalue weighted by Gasteiger charge is 2.41. The number of methoxy groups -OCH3 is 1. The van der Waals surface area contributed by atoms with Gasteiger partial charge in [-0.2, -0.15) is 0 Å². The third-order valence-corrected chi connectivity index (χ3v) is 4.92. The molecule has 1 fully saturated rings. The van der Waals surface area contributed by atoms with Crippen LogP contribution in [-0.4, -0.2) is 49.7 Å². The van der Waals surface area contributed by atoms with Crippen LogP contribution >= 0.6 is 0 Å². The van der Waals surface area contributed by atoms with Crippen LogP contribution in [0.5, 0.6) is 5.75 Å². The van der Waals surface area contributed by atoms with Gasteiger partial charge >= 0.3 is 6.03 Å². The van der Waals surface area contributed by atoms with Crippen LogP contribution < -0.4 is 15.4 Å². The van der Waals surface area contributed by atoms with Crippen molar-refractivity contribution in [2.24, 2.45) is 0 Å². The van der Waals surface area contributed by atoms with Crippen molar-refractivity contribution in [3.63, 3.8) is 0 Å². The number of rotatable bonds is 4. The van der Waals surface area contributed by atoms with Gasteiger partial charge in [-0.15, -0.1) is 0 Å². The second-order valence-electron chi connectivity index (χ2n) is 6.52. The molecule has 25 heavy (non-hydrogen) atoms. The summed E-state index contributed by atoms with van der Waals surface area (Å²) in [7, 11) is 1.60. The first kappa shape index (κ1) is 16.0. The zero-order valence-electron chi connectivity index (χ0n) is 14.1. The lowest BCUT2D eigenvalue weighted by molar-refractivity contribution is -0.127. The average molecular weight is 343 g/mol. The summed E-state index contributed by atoms with van der Waals surface area (Å²) in [6, 6.07) is 6.66. The summed E-state index contributed by atoms with van der Waals surface area (Å²) in [5, 5.41) is 5.65. The molecule has 0 bridgehead atoms. The van der Waals surface area contributed by atoms with E-state index in [4.69, 9.17) is 9.47 Å². The quantitative estimate of drug-likeness (QED) is 0.864. The molecule has 0 saturated carbocycles. The molecule has 0 radical (unpaired) electrons. The normalized spacial score (nSPS) is 25.7. The fourth-order valence-corrected chi connectivity index (χ4v) is 3.66. The Kier molecular flexibility index (Phi) is 4.09. The summed E-state index contributed by atoms with van der Waals surface area (Å²) in [5.74, 6) is 0.690. The van der Waals surface area contributed by atoms with Crippen molar-refractivity contribution in [1.82, 2.24) is 15.5 Å². The largest absolute Gasteiger partial charge is 0.497 e. The van der Waals surface area contributed by atoms with Crippen molar-refractivity contribution >= 4 is 11.9 Å². The minimum absolute atomic E-state index is 0.0428. The highest BCUT2D eigenvalue weighted by molar-refractivity contribution is 6.01. The predicted molar refractivity (Wildman–Crippen MR) is 90.0 cm³/mol. The van der Waals surface area contributed by atoms with E-state index in [-0.39, 0.29) is 18.0 Å². The molecular formula is C18H21N3O4. The number of carbonyl (C=O) groups is 2. The van der Waals surface area contributed by atoms with Crippen LogP contribution in [0.25, 0.3) is 0 Å². The molecule has 0 aromatic heterocycles. The molecule has 7 heteroatoms. The summed E-state index contributed by atoms with van der Waals surface area (Å²) in [6.07, 6.45) is 2.10. The van der Waals surface area contributed by atoms with Crippen molar-refractivity contribution in [1.29, 1.82) is 0 Å². The van der Waals surface area contributed by atoms with Gasteiger partial charge in [0.15, 0.2) is 0 Å². The minimum atomic E-state index is -0.448. The third-order valence-electron chi connectivity index (χ3n) is 4.92. The van der Waals surface area contributed by atoms with E-state index < -0.39 is 6.04 Å². The molecule has 2 N–H and O–H groups in total. The van der Waals surface area contributed by atoms with E-state index in [1.165, 1.54) is 0 Å². The Morgan fingerprint density at radius 1 is 1.28 bits per heavy atom. The van der Waals surface area contributed by atoms with Gasteiger partial charge in [0, 0.05) is 13.2 Å². The van der Waals surface area contributed by atoms with Crippen molar-refractivity contribution < 1.29 is 19.1 Å². The highest BCUT2D eigenvalue weighted by atomic mass is 16.5. The summed E-state index contributed by atoms with van der Waals surface area (Å²) < 4.78 is 10.8. The van der Waals surface area contributed by atoms with Crippen molar-refractivity contribution in [3.8, 4) is 5.75 Å². The fourth-order valence-electron chi connectivity index (χ4n) is 3.66. The number of hydrogen-bond acceptors (Lipinski definition) is 4. The molecule has 1 aromatic rings. The first-order chi connectivity index (χ1) is 12.2. The molecule has 132 valence electrons. The number of nitrogens with zero attached hydrogens (tertiary/aromatic N) is 1. The molecule has 3 heterocycles. The number of urea groups is 1. The summed E-state index contributed by atoms with van der Waals surface area (Å²) in [5.41, 5.74) is 2.16. The minimum Gasteiger partial charge on any atom is -0.497 e. The number of nitrogens with one attached hydrogen (secondary N) is 2. The summed E-state index contributed by atoms with van der Waals surface area (Å²) in [4.78, 5) is 26.7. The Labute approximate surface area is 146 Å². The molecule has 0 aliphatic carbocycles. The maximum atomic E-state index is 12.9. The monoisotopic (exact) mass is 343 g/mol. The van der Waals surface area contributed by atoms with Crippen molar-refractivity contribution in [3.05, 3.63) is 41.1 Å². The van der Waals surface area contributed by atoms with E-state index in [1.807, 2.05) is 24.3 Å². The zero-order valence-corrected chi connectivity index (χ0v) is 14.1. The highest BCUT2D eigenvalue weighted by Crippen LogP contribution is 2.33. The van der Waals surface area contributed by atoms with E-state index in [0.717, 1.165) is 30.8 Å². The molecule has 2 atom stereocenters. The lowest BCUT2D eigenvalue weighted by atomic mass is 9.96. The molecule has 0 unspecified atom stereocenters. The molecule has 1 saturated heterocycles. The molecule has 3 aliphatic rings. The second kappa shape index (κ2) is 6.40. The molecule has 1 aromatic carbocycles. The van der Waals surface area contributed by atoms with Gasteiger partial charge in [0.25, 0.3) is 5.91 Å². The van der Waals surface area contributed by atoms with E-state index in [0.29, 0.717) is 24.4 Å². The number of amides is 3. The molecular weight excluding hydrogens is 322 g/mol. The Balaban J connectivity index is 1.58.